The third-order valence-electron chi connectivity index (χ3n) is 6.06. The van der Waals surface area contributed by atoms with Crippen molar-refractivity contribution < 1.29 is 59.8 Å². The van der Waals surface area contributed by atoms with E-state index >= 15 is 0 Å². The lowest BCUT2D eigenvalue weighted by molar-refractivity contribution is -0.342. The van der Waals surface area contributed by atoms with Crippen LogP contribution in [-0.2, 0) is 14.2 Å². The van der Waals surface area contributed by atoms with E-state index in [0.29, 0.717) is 11.3 Å². The van der Waals surface area contributed by atoms with Gasteiger partial charge in [-0.25, -0.2) is 0 Å². The van der Waals surface area contributed by atoms with Gasteiger partial charge in [0.2, 0.25) is 0 Å². The van der Waals surface area contributed by atoms with Gasteiger partial charge in [0.05, 0.1) is 32.5 Å². The van der Waals surface area contributed by atoms with Crippen LogP contribution in [0.1, 0.15) is 18.1 Å². The largest absolute Gasteiger partial charge is 0.497 e. The molecular formula is C21H32O12. The minimum Gasteiger partial charge on any atom is -0.497 e. The normalized spacial score (nSPS) is 40.4. The van der Waals surface area contributed by atoms with Crippen molar-refractivity contribution in [2.75, 3.05) is 20.3 Å². The van der Waals surface area contributed by atoms with E-state index in [9.17, 15) is 40.9 Å². The number of benzene rings is 1. The standard InChI is InChI=1S/C21H32O12/c1-30-10-4-2-9(3-5-10)11(24)6-12-15(25)18(28)20(14(8-23)31-12)33-21-19(29)17(27)16(26)13(7-22)32-21/h2-5,11-29H,6-8H2,1H3/t11?,12-,13-,14-,15+,16+,17+,18-,19-,20-,21+/m1/s1. The van der Waals surface area contributed by atoms with Gasteiger partial charge in [0.15, 0.2) is 6.29 Å². The molecule has 188 valence electrons. The number of aliphatic hydroxyl groups excluding tert-OH is 8. The Balaban J connectivity index is 1.68. The Bertz CT molecular complexity index is 728. The predicted octanol–water partition coefficient (Wildman–Crippen LogP) is -3.21. The van der Waals surface area contributed by atoms with Gasteiger partial charge in [0.25, 0.3) is 0 Å². The average Bonchev–Trinajstić information content (AvgIpc) is 2.83. The van der Waals surface area contributed by atoms with Crippen LogP contribution in [-0.4, -0.2) is 122 Å². The summed E-state index contributed by atoms with van der Waals surface area (Å²) in [6.45, 7) is -1.31. The zero-order chi connectivity index (χ0) is 24.3. The molecular weight excluding hydrogens is 444 g/mol. The van der Waals surface area contributed by atoms with Crippen LogP contribution in [0.3, 0.4) is 0 Å². The highest BCUT2D eigenvalue weighted by atomic mass is 16.7. The summed E-state index contributed by atoms with van der Waals surface area (Å²) in [6, 6.07) is 6.60. The maximum Gasteiger partial charge on any atom is 0.187 e. The third-order valence-corrected chi connectivity index (χ3v) is 6.06. The molecule has 0 aliphatic carbocycles. The van der Waals surface area contributed by atoms with E-state index in [1.807, 2.05) is 0 Å². The van der Waals surface area contributed by atoms with E-state index in [1.54, 1.807) is 24.3 Å². The first-order chi connectivity index (χ1) is 15.7. The first-order valence-corrected chi connectivity index (χ1v) is 10.6. The topological polar surface area (TPSA) is 199 Å². The van der Waals surface area contributed by atoms with Crippen molar-refractivity contribution in [3.63, 3.8) is 0 Å². The molecule has 2 aliphatic heterocycles. The highest BCUT2D eigenvalue weighted by Crippen LogP contribution is 2.32. The van der Waals surface area contributed by atoms with Crippen molar-refractivity contribution in [1.29, 1.82) is 0 Å². The fraction of sp³-hybridized carbons (Fsp3) is 0.714. The molecule has 0 saturated carbocycles. The van der Waals surface area contributed by atoms with Crippen molar-refractivity contribution >= 4 is 0 Å². The molecule has 11 atom stereocenters. The quantitative estimate of drug-likeness (QED) is 0.187. The van der Waals surface area contributed by atoms with Gasteiger partial charge in [-0.2, -0.15) is 0 Å². The van der Waals surface area contributed by atoms with Crippen LogP contribution >= 0.6 is 0 Å². The Morgan fingerprint density at radius 3 is 1.97 bits per heavy atom. The highest BCUT2D eigenvalue weighted by molar-refractivity contribution is 5.28. The first kappa shape index (κ1) is 26.2. The molecule has 12 heteroatoms. The molecule has 2 heterocycles. The first-order valence-electron chi connectivity index (χ1n) is 10.6. The van der Waals surface area contributed by atoms with Crippen molar-refractivity contribution in [2.45, 2.75) is 73.8 Å². The molecule has 2 fully saturated rings. The van der Waals surface area contributed by atoms with E-state index in [4.69, 9.17) is 18.9 Å². The molecule has 2 saturated heterocycles. The summed E-state index contributed by atoms with van der Waals surface area (Å²) in [6.07, 6.45) is -15.8. The summed E-state index contributed by atoms with van der Waals surface area (Å²) in [5.74, 6) is 0.601. The number of ether oxygens (including phenoxy) is 4. The van der Waals surface area contributed by atoms with Crippen LogP contribution in [0.2, 0.25) is 0 Å². The molecule has 33 heavy (non-hydrogen) atoms. The smallest absolute Gasteiger partial charge is 0.187 e. The lowest BCUT2D eigenvalue weighted by Gasteiger charge is -2.46. The number of rotatable bonds is 8. The Morgan fingerprint density at radius 1 is 0.788 bits per heavy atom. The molecule has 1 unspecified atom stereocenters. The number of aliphatic hydroxyl groups is 8. The van der Waals surface area contributed by atoms with E-state index in [0.717, 1.165) is 0 Å². The van der Waals surface area contributed by atoms with E-state index in [2.05, 4.69) is 0 Å². The third kappa shape index (κ3) is 5.63. The predicted molar refractivity (Wildman–Crippen MR) is 109 cm³/mol. The zero-order valence-corrected chi connectivity index (χ0v) is 18.0. The van der Waals surface area contributed by atoms with E-state index < -0.39 is 80.5 Å². The van der Waals surface area contributed by atoms with Crippen molar-refractivity contribution in [1.82, 2.24) is 0 Å². The van der Waals surface area contributed by atoms with E-state index in [-0.39, 0.29) is 6.42 Å². The van der Waals surface area contributed by atoms with E-state index in [1.165, 1.54) is 7.11 Å². The fourth-order valence-electron chi connectivity index (χ4n) is 4.04. The summed E-state index contributed by atoms with van der Waals surface area (Å²) < 4.78 is 21.5. The molecule has 8 N–H and O–H groups in total. The lowest BCUT2D eigenvalue weighted by Crippen LogP contribution is -2.64. The van der Waals surface area contributed by atoms with Gasteiger partial charge in [-0.15, -0.1) is 0 Å². The number of hydrogen-bond acceptors (Lipinski definition) is 12. The number of hydrogen-bond donors (Lipinski definition) is 8. The summed E-state index contributed by atoms with van der Waals surface area (Å²) in [5.41, 5.74) is 0.529. The monoisotopic (exact) mass is 476 g/mol. The van der Waals surface area contributed by atoms with Gasteiger partial charge < -0.3 is 59.8 Å². The molecule has 0 spiro atoms. The lowest BCUT2D eigenvalue weighted by atomic mass is 9.90. The van der Waals surface area contributed by atoms with Gasteiger partial charge in [-0.05, 0) is 17.7 Å². The summed E-state index contributed by atoms with van der Waals surface area (Å²) in [7, 11) is 1.51. The highest BCUT2D eigenvalue weighted by Gasteiger charge is 2.50. The fourth-order valence-corrected chi connectivity index (χ4v) is 4.04. The molecule has 0 aromatic heterocycles. The SMILES string of the molecule is COc1ccc(C(O)C[C@H]2O[C@H](CO)[C@@H](O[C@@H]3O[C@H](CO)[C@H](O)[C@H](O)[C@H]3O)[C@H](O)[C@H]2O)cc1. The molecule has 12 nitrogen and oxygen atoms in total. The minimum atomic E-state index is -1.74. The average molecular weight is 476 g/mol. The molecule has 1 aromatic rings. The second-order valence-electron chi connectivity index (χ2n) is 8.20. The molecule has 1 aromatic carbocycles. The van der Waals surface area contributed by atoms with Gasteiger partial charge in [0.1, 0.15) is 54.6 Å². The van der Waals surface area contributed by atoms with Crippen LogP contribution < -0.4 is 4.74 Å². The second kappa shape index (κ2) is 11.3. The Morgan fingerprint density at radius 2 is 1.39 bits per heavy atom. The van der Waals surface area contributed by atoms with Crippen LogP contribution in [0.15, 0.2) is 24.3 Å². The summed E-state index contributed by atoms with van der Waals surface area (Å²) in [5, 5.41) is 80.8. The molecule has 2 aliphatic rings. The van der Waals surface area contributed by atoms with Gasteiger partial charge in [-0.1, -0.05) is 12.1 Å². The Kier molecular flexibility index (Phi) is 9.00. The maximum absolute atomic E-state index is 10.7. The Hall–Kier alpha value is -1.42. The molecule has 0 radical (unpaired) electrons. The van der Waals surface area contributed by atoms with Gasteiger partial charge >= 0.3 is 0 Å². The maximum atomic E-state index is 10.7. The number of methoxy groups -OCH3 is 1. The van der Waals surface area contributed by atoms with Crippen molar-refractivity contribution in [3.05, 3.63) is 29.8 Å². The van der Waals surface area contributed by atoms with Crippen LogP contribution in [0.25, 0.3) is 0 Å². The Labute approximate surface area is 190 Å². The second-order valence-corrected chi connectivity index (χ2v) is 8.20. The van der Waals surface area contributed by atoms with Gasteiger partial charge in [-0.3, -0.25) is 0 Å². The molecule has 3 rings (SSSR count). The zero-order valence-electron chi connectivity index (χ0n) is 18.0. The van der Waals surface area contributed by atoms with Gasteiger partial charge in [0, 0.05) is 6.42 Å². The summed E-state index contributed by atoms with van der Waals surface area (Å²) in [4.78, 5) is 0. The van der Waals surface area contributed by atoms with Crippen molar-refractivity contribution in [2.24, 2.45) is 0 Å². The van der Waals surface area contributed by atoms with Crippen LogP contribution in [0.5, 0.6) is 5.75 Å². The molecule has 0 amide bonds. The van der Waals surface area contributed by atoms with Crippen molar-refractivity contribution in [3.8, 4) is 5.75 Å². The minimum absolute atomic E-state index is 0.103. The van der Waals surface area contributed by atoms with Crippen LogP contribution in [0.4, 0.5) is 0 Å². The molecule has 0 bridgehead atoms. The summed E-state index contributed by atoms with van der Waals surface area (Å²) >= 11 is 0. The van der Waals surface area contributed by atoms with Crippen LogP contribution in [0, 0.1) is 0 Å².